The molecule has 0 radical (unpaired) electrons. The van der Waals surface area contributed by atoms with E-state index < -0.39 is 47.1 Å². The molecule has 0 aromatic heterocycles. The molecule has 3 fully saturated rings. The molecule has 10 nitrogen and oxygen atoms in total. The van der Waals surface area contributed by atoms with Crippen molar-refractivity contribution in [2.75, 3.05) is 37.7 Å². The van der Waals surface area contributed by atoms with Gasteiger partial charge in [-0.3, -0.25) is 9.69 Å². The summed E-state index contributed by atoms with van der Waals surface area (Å²) in [6.45, 7) is 12.4. The normalized spacial score (nSPS) is 28.6. The van der Waals surface area contributed by atoms with E-state index in [9.17, 15) is 14.4 Å². The minimum Gasteiger partial charge on any atom is -0.463 e. The lowest BCUT2D eigenvalue weighted by Crippen LogP contribution is -2.53. The molecule has 10 heteroatoms. The molecule has 1 unspecified atom stereocenters. The minimum atomic E-state index is -1.92. The Balaban J connectivity index is 1.55. The number of nitrogens with zero attached hydrogens (tertiary/aromatic N) is 2. The maximum Gasteiger partial charge on any atom is 0.346 e. The van der Waals surface area contributed by atoms with Gasteiger partial charge in [-0.25, -0.2) is 9.59 Å². The second-order valence-electron chi connectivity index (χ2n) is 11.5. The first kappa shape index (κ1) is 31.0. The summed E-state index contributed by atoms with van der Waals surface area (Å²) in [6, 6.07) is 7.23. The molecule has 0 saturated carbocycles. The van der Waals surface area contributed by atoms with Crippen LogP contribution in [0.15, 0.2) is 24.3 Å². The van der Waals surface area contributed by atoms with Crippen molar-refractivity contribution in [2.45, 2.75) is 90.7 Å². The average molecular weight is 571 g/mol. The van der Waals surface area contributed by atoms with E-state index in [4.69, 9.17) is 30.1 Å². The molecule has 224 valence electrons. The summed E-state index contributed by atoms with van der Waals surface area (Å²) < 4.78 is 29.5. The Bertz CT molecular complexity index is 1180. The second kappa shape index (κ2) is 12.1. The van der Waals surface area contributed by atoms with Gasteiger partial charge >= 0.3 is 12.0 Å². The zero-order valence-corrected chi connectivity index (χ0v) is 24.9. The van der Waals surface area contributed by atoms with Gasteiger partial charge in [0.1, 0.15) is 12.2 Å². The fourth-order valence-corrected chi connectivity index (χ4v) is 5.71. The Morgan fingerprint density at radius 3 is 2.46 bits per heavy atom. The Hall–Kier alpha value is -2.97. The molecule has 41 heavy (non-hydrogen) atoms. The summed E-state index contributed by atoms with van der Waals surface area (Å²) in [5.74, 6) is 0.631. The molecule has 3 heterocycles. The number of ketones is 1. The first-order valence-corrected chi connectivity index (χ1v) is 14.4. The lowest BCUT2D eigenvalue weighted by atomic mass is 9.81. The van der Waals surface area contributed by atoms with E-state index >= 15 is 0 Å². The van der Waals surface area contributed by atoms with E-state index in [1.54, 1.807) is 37.8 Å². The Morgan fingerprint density at radius 1 is 1.15 bits per heavy atom. The fourth-order valence-electron chi connectivity index (χ4n) is 5.71. The van der Waals surface area contributed by atoms with Crippen LogP contribution in [0.1, 0.15) is 59.9 Å². The summed E-state index contributed by atoms with van der Waals surface area (Å²) >= 11 is 0. The van der Waals surface area contributed by atoms with Crippen LogP contribution in [0.4, 0.5) is 10.5 Å². The monoisotopic (exact) mass is 570 g/mol. The third-order valence-electron chi connectivity index (χ3n) is 8.09. The van der Waals surface area contributed by atoms with Crippen molar-refractivity contribution in [3.05, 3.63) is 29.8 Å². The van der Waals surface area contributed by atoms with Crippen LogP contribution in [0.5, 0.6) is 0 Å². The standard InChI is InChI=1S/C31H42N2O8/c1-8-16-32-17-11-18-33(28(32)36)23-14-12-22(13-15-23)19-31(21(4)34,27(35)37-10-3)38-20-24-30(7,9-2)25-26(39-24)41-29(5,6)40-25/h2,12-15,24-26H,8,10-11,16-20H2,1,3-7H3/t24-,25+,26-,30+,31?/m1/s1. The zero-order chi connectivity index (χ0) is 30.0. The van der Waals surface area contributed by atoms with Crippen LogP contribution in [-0.2, 0) is 39.7 Å². The molecule has 0 bridgehead atoms. The minimum absolute atomic E-state index is 0.0203. The molecule has 5 atom stereocenters. The predicted molar refractivity (Wildman–Crippen MR) is 151 cm³/mol. The lowest BCUT2D eigenvalue weighted by Gasteiger charge is -2.36. The number of carbonyl (C=O) groups is 3. The van der Waals surface area contributed by atoms with Gasteiger partial charge in [-0.05, 0) is 65.2 Å². The van der Waals surface area contributed by atoms with Crippen LogP contribution in [0, 0.1) is 17.8 Å². The van der Waals surface area contributed by atoms with E-state index in [0.29, 0.717) is 18.7 Å². The third-order valence-corrected chi connectivity index (χ3v) is 8.09. The lowest BCUT2D eigenvalue weighted by molar-refractivity contribution is -0.224. The molecule has 1 aromatic carbocycles. The van der Waals surface area contributed by atoms with Crippen molar-refractivity contribution >= 4 is 23.5 Å². The van der Waals surface area contributed by atoms with E-state index in [1.807, 2.05) is 30.9 Å². The predicted octanol–water partition coefficient (Wildman–Crippen LogP) is 3.69. The van der Waals surface area contributed by atoms with Gasteiger partial charge in [-0.1, -0.05) is 25.0 Å². The molecular formula is C31H42N2O8. The topological polar surface area (TPSA) is 104 Å². The second-order valence-corrected chi connectivity index (χ2v) is 11.5. The first-order chi connectivity index (χ1) is 19.4. The van der Waals surface area contributed by atoms with Crippen LogP contribution >= 0.6 is 0 Å². The highest BCUT2D eigenvalue weighted by molar-refractivity contribution is 6.06. The van der Waals surface area contributed by atoms with Gasteiger partial charge in [0.15, 0.2) is 17.9 Å². The number of carbonyl (C=O) groups excluding carboxylic acids is 3. The Kier molecular flexibility index (Phi) is 9.14. The van der Waals surface area contributed by atoms with Gasteiger partial charge in [0.25, 0.3) is 0 Å². The van der Waals surface area contributed by atoms with Gasteiger partial charge in [0.2, 0.25) is 5.60 Å². The number of urea groups is 1. The van der Waals surface area contributed by atoms with Crippen LogP contribution in [0.2, 0.25) is 0 Å². The van der Waals surface area contributed by atoms with Gasteiger partial charge in [0, 0.05) is 31.7 Å². The summed E-state index contributed by atoms with van der Waals surface area (Å²) in [5.41, 5.74) is -1.43. The first-order valence-electron chi connectivity index (χ1n) is 14.4. The zero-order valence-electron chi connectivity index (χ0n) is 24.9. The Morgan fingerprint density at radius 2 is 1.85 bits per heavy atom. The van der Waals surface area contributed by atoms with Crippen LogP contribution < -0.4 is 4.90 Å². The molecular weight excluding hydrogens is 528 g/mol. The summed E-state index contributed by atoms with van der Waals surface area (Å²) in [6.07, 6.45) is 5.70. The molecule has 2 amide bonds. The number of fused-ring (bicyclic) bond motifs is 1. The molecule has 0 N–H and O–H groups in total. The van der Waals surface area contributed by atoms with Crippen molar-refractivity contribution in [2.24, 2.45) is 5.41 Å². The molecule has 3 aliphatic rings. The van der Waals surface area contributed by atoms with Crippen LogP contribution in [0.25, 0.3) is 0 Å². The smallest absolute Gasteiger partial charge is 0.346 e. The number of amides is 2. The quantitative estimate of drug-likeness (QED) is 0.225. The SMILES string of the molecule is C#C[C@@]1(C)[C@@H](COC(Cc2ccc(N3CCCN(CCC)C3=O)cc2)(C(C)=O)C(=O)OCC)O[C@@H]2OC(C)(C)O[C@@H]21. The third kappa shape index (κ3) is 6.00. The summed E-state index contributed by atoms with van der Waals surface area (Å²) in [5, 5.41) is 0. The molecule has 3 aliphatic heterocycles. The van der Waals surface area contributed by atoms with E-state index in [-0.39, 0.29) is 25.7 Å². The maximum atomic E-state index is 13.3. The van der Waals surface area contributed by atoms with Crippen LogP contribution in [-0.4, -0.2) is 85.4 Å². The number of benzene rings is 1. The number of rotatable bonds is 11. The molecule has 3 saturated heterocycles. The van der Waals surface area contributed by atoms with Crippen molar-refractivity contribution in [3.8, 4) is 12.3 Å². The summed E-state index contributed by atoms with van der Waals surface area (Å²) in [7, 11) is 0. The van der Waals surface area contributed by atoms with Gasteiger partial charge in [-0.2, -0.15) is 0 Å². The number of esters is 1. The average Bonchev–Trinajstić information content (AvgIpc) is 3.38. The van der Waals surface area contributed by atoms with Gasteiger partial charge in [0.05, 0.1) is 18.6 Å². The van der Waals surface area contributed by atoms with Crippen molar-refractivity contribution < 1.29 is 38.1 Å². The van der Waals surface area contributed by atoms with Gasteiger partial charge < -0.3 is 28.6 Å². The number of terminal acetylenes is 1. The summed E-state index contributed by atoms with van der Waals surface area (Å²) in [4.78, 5) is 43.0. The highest BCUT2D eigenvalue weighted by atomic mass is 16.8. The Labute approximate surface area is 242 Å². The maximum absolute atomic E-state index is 13.3. The van der Waals surface area contributed by atoms with E-state index in [1.165, 1.54) is 6.92 Å². The number of anilines is 1. The van der Waals surface area contributed by atoms with E-state index in [0.717, 1.165) is 25.1 Å². The highest BCUT2D eigenvalue weighted by Gasteiger charge is 2.61. The highest BCUT2D eigenvalue weighted by Crippen LogP contribution is 2.48. The van der Waals surface area contributed by atoms with E-state index in [2.05, 4.69) is 5.92 Å². The largest absolute Gasteiger partial charge is 0.463 e. The molecule has 0 aliphatic carbocycles. The number of ether oxygens (including phenoxy) is 5. The van der Waals surface area contributed by atoms with Crippen molar-refractivity contribution in [3.63, 3.8) is 0 Å². The van der Waals surface area contributed by atoms with Crippen molar-refractivity contribution in [1.82, 2.24) is 4.90 Å². The number of hydrogen-bond acceptors (Lipinski definition) is 8. The number of hydrogen-bond donors (Lipinski definition) is 0. The molecule has 4 rings (SSSR count). The van der Waals surface area contributed by atoms with Crippen molar-refractivity contribution in [1.29, 1.82) is 0 Å². The number of Topliss-reactive ketones (excluding diaryl/α,β-unsaturated/α-hetero) is 1. The van der Waals surface area contributed by atoms with Crippen LogP contribution in [0.3, 0.4) is 0 Å². The van der Waals surface area contributed by atoms with Gasteiger partial charge in [-0.15, -0.1) is 6.42 Å². The molecule has 0 spiro atoms. The molecule has 1 aromatic rings. The fraction of sp³-hybridized carbons (Fsp3) is 0.645.